The molecule has 528 valence electrons. The Kier molecular flexibility index (Phi) is 63.9. The van der Waals surface area contributed by atoms with Gasteiger partial charge < -0.3 is 94.2 Å². The summed E-state index contributed by atoms with van der Waals surface area (Å²) in [6.45, 7) is 40.6. The largest absolute Gasteiger partial charge is 1.00 e. The number of carboxylic acids is 2. The third kappa shape index (κ3) is 65.8. The molecular formula is C59H113BrK2N10O20. The number of carboxylic acid groups (broad SMARTS) is 2. The maximum absolute atomic E-state index is 12.1. The van der Waals surface area contributed by atoms with Gasteiger partial charge in [0.15, 0.2) is 0 Å². The standard InChI is InChI=1S/C19H30N4O7.C16H32N2O4.C9H19NO2.C7H14BrNO2.C7H16N2O2.CH2O3.2K.H/c1-13(2)18(19(28)29)22-8-7-20-15(25)6-11-30-12-9-21-14(24)5-10-23-16(26)3-4-17(23)27;1-11(2)12(13(19)21-15(3,4)5)17-9-10-18-14(20)22-16(6,7)8;1-6(2)7(10)8(11)12-9(3,4)5;1-7(2,3)11-6(10)9-5-4-8;1-5(2)6(7(10)11)9-4-3-8;2-1-4-3;;;/h3-4,13,18,22H,5-12H2,1-2H3,(H,20,25)(H,21,24)(H,28,29);11-12,17H,9-10H2,1-8H3,(H,18,20);6-7H,10H2,1-5H3;4-5H2,1-3H3,(H,9,10);5-6,9H,3-4,8H2,1-2H3,(H,10,11);1,3H;;;/q;;;;;;2*+1;-1/p-1/t18-;12-;7-;;6-;;;;/m000.0..../s1. The van der Waals surface area contributed by atoms with Crippen LogP contribution in [-0.4, -0.2) is 205 Å². The van der Waals surface area contributed by atoms with Gasteiger partial charge in [-0.15, -0.1) is 0 Å². The summed E-state index contributed by atoms with van der Waals surface area (Å²) in [5.41, 5.74) is 8.93. The van der Waals surface area contributed by atoms with Gasteiger partial charge in [-0.25, -0.2) is 9.59 Å². The number of imide groups is 1. The zero-order valence-corrected chi connectivity index (χ0v) is 66.8. The van der Waals surface area contributed by atoms with Gasteiger partial charge in [-0.05, 0) is 107 Å². The Bertz CT molecular complexity index is 2130. The molecule has 0 fully saturated rings. The number of amides is 6. The Hall–Kier alpha value is -2.82. The average Bonchev–Trinajstić information content (AvgIpc) is 3.71. The topological polar surface area (TPSA) is 446 Å². The molecule has 30 nitrogen and oxygen atoms in total. The van der Waals surface area contributed by atoms with Crippen molar-refractivity contribution in [3.8, 4) is 0 Å². The monoisotopic (exact) mass is 1440 g/mol. The van der Waals surface area contributed by atoms with Crippen LogP contribution >= 0.6 is 15.9 Å². The van der Waals surface area contributed by atoms with E-state index in [1.165, 1.54) is 12.2 Å². The molecule has 1 rings (SSSR count). The fourth-order valence-electron chi connectivity index (χ4n) is 6.22. The van der Waals surface area contributed by atoms with Crippen molar-refractivity contribution >= 4 is 82.1 Å². The van der Waals surface area contributed by atoms with E-state index in [0.717, 1.165) is 10.2 Å². The Morgan fingerprint density at radius 3 is 1.27 bits per heavy atom. The Morgan fingerprint density at radius 2 is 0.913 bits per heavy atom. The first kappa shape index (κ1) is 103. The Morgan fingerprint density at radius 1 is 0.554 bits per heavy atom. The number of carbonyl (C=O) groups excluding carboxylic acids is 9. The number of hydrogen-bond donors (Lipinski definition) is 11. The number of esters is 2. The van der Waals surface area contributed by atoms with E-state index < -0.39 is 76.4 Å². The van der Waals surface area contributed by atoms with E-state index in [4.69, 9.17) is 55.4 Å². The van der Waals surface area contributed by atoms with E-state index >= 15 is 0 Å². The normalized spacial score (nSPS) is 13.0. The molecule has 0 unspecified atom stereocenters. The summed E-state index contributed by atoms with van der Waals surface area (Å²) >= 11 is 3.19. The van der Waals surface area contributed by atoms with Crippen molar-refractivity contribution in [1.82, 2.24) is 42.1 Å². The average molecular weight is 1440 g/mol. The molecule has 0 saturated heterocycles. The minimum Gasteiger partial charge on any atom is -1.00 e. The van der Waals surface area contributed by atoms with Crippen molar-refractivity contribution in [3.63, 3.8) is 0 Å². The molecule has 13 N–H and O–H groups in total. The molecule has 0 saturated carbocycles. The Labute approximate surface area is 640 Å². The number of nitrogens with zero attached hydrogens (tertiary/aromatic N) is 1. The van der Waals surface area contributed by atoms with Crippen molar-refractivity contribution in [3.05, 3.63) is 12.2 Å². The number of nitrogens with two attached hydrogens (primary N) is 2. The minimum atomic E-state index is -0.924. The summed E-state index contributed by atoms with van der Waals surface area (Å²) in [4.78, 5) is 126. The number of alkyl halides is 1. The molecule has 1 heterocycles. The van der Waals surface area contributed by atoms with Crippen molar-refractivity contribution in [2.24, 2.45) is 35.1 Å². The van der Waals surface area contributed by atoms with Crippen molar-refractivity contribution in [2.75, 3.05) is 77.4 Å². The number of hydrogen-bond acceptors (Lipinski definition) is 23. The van der Waals surface area contributed by atoms with Crippen LogP contribution in [0.1, 0.15) is 153 Å². The summed E-state index contributed by atoms with van der Waals surface area (Å²) in [7, 11) is 0. The third-order valence-electron chi connectivity index (χ3n) is 10.4. The number of aliphatic carboxylic acids is 2. The summed E-state index contributed by atoms with van der Waals surface area (Å²) in [6, 6.07) is -2.05. The molecule has 0 aromatic carbocycles. The molecule has 4 atom stereocenters. The maximum Gasteiger partial charge on any atom is 1.00 e. The van der Waals surface area contributed by atoms with E-state index in [2.05, 4.69) is 58.0 Å². The van der Waals surface area contributed by atoms with Crippen LogP contribution in [0, 0.1) is 23.7 Å². The number of carbonyl (C=O) groups is 11. The van der Waals surface area contributed by atoms with Crippen LogP contribution in [0.15, 0.2) is 12.2 Å². The molecular weight excluding hydrogens is 1330 g/mol. The number of nitrogens with one attached hydrogen (secondary N) is 7. The van der Waals surface area contributed by atoms with E-state index in [-0.39, 0.29) is 203 Å². The molecule has 0 spiro atoms. The predicted octanol–water partition coefficient (Wildman–Crippen LogP) is -3.48. The molecule has 33 heteroatoms. The number of ether oxygens (including phenoxy) is 5. The van der Waals surface area contributed by atoms with Gasteiger partial charge in [-0.3, -0.25) is 48.1 Å². The van der Waals surface area contributed by atoms with Crippen LogP contribution in [0.4, 0.5) is 9.59 Å². The van der Waals surface area contributed by atoms with Crippen molar-refractivity contribution in [1.29, 1.82) is 0 Å². The first-order valence-electron chi connectivity index (χ1n) is 29.7. The molecule has 0 aromatic rings. The maximum atomic E-state index is 12.1. The van der Waals surface area contributed by atoms with Crippen LogP contribution in [0.5, 0.6) is 0 Å². The van der Waals surface area contributed by atoms with E-state index in [1.807, 2.05) is 125 Å². The zero-order valence-electron chi connectivity index (χ0n) is 60.0. The van der Waals surface area contributed by atoms with Gasteiger partial charge in [0, 0.05) is 89.2 Å². The van der Waals surface area contributed by atoms with Gasteiger partial charge in [0.2, 0.25) is 11.8 Å². The van der Waals surface area contributed by atoms with Crippen LogP contribution in [0.25, 0.3) is 0 Å². The second kappa shape index (κ2) is 57.3. The number of rotatable bonds is 31. The van der Waals surface area contributed by atoms with Gasteiger partial charge in [-0.1, -0.05) is 71.3 Å². The molecule has 1 aliphatic heterocycles. The second-order valence-corrected chi connectivity index (χ2v) is 25.8. The van der Waals surface area contributed by atoms with Gasteiger partial charge >= 0.3 is 139 Å². The van der Waals surface area contributed by atoms with Gasteiger partial charge in [0.05, 0.1) is 13.2 Å². The van der Waals surface area contributed by atoms with Crippen molar-refractivity contribution in [2.45, 2.75) is 198 Å². The van der Waals surface area contributed by atoms with E-state index in [9.17, 15) is 47.9 Å². The van der Waals surface area contributed by atoms with Gasteiger partial charge in [0.1, 0.15) is 46.6 Å². The van der Waals surface area contributed by atoms with Gasteiger partial charge in [-0.2, -0.15) is 0 Å². The molecule has 0 radical (unpaired) electrons. The zero-order chi connectivity index (χ0) is 71.2. The molecule has 0 aliphatic carbocycles. The summed E-state index contributed by atoms with van der Waals surface area (Å²) in [6.07, 6.45) is 1.66. The van der Waals surface area contributed by atoms with Crippen LogP contribution < -0.4 is 157 Å². The fraction of sp³-hybridized carbons (Fsp3) is 0.780. The first-order valence-corrected chi connectivity index (χ1v) is 30.8. The summed E-state index contributed by atoms with van der Waals surface area (Å²) < 4.78 is 25.9. The predicted molar refractivity (Wildman–Crippen MR) is 341 cm³/mol. The summed E-state index contributed by atoms with van der Waals surface area (Å²) in [5.74, 6) is -3.45. The third-order valence-corrected chi connectivity index (χ3v) is 10.8. The van der Waals surface area contributed by atoms with Crippen molar-refractivity contribution < 1.29 is 201 Å². The van der Waals surface area contributed by atoms with E-state index in [1.54, 1.807) is 13.8 Å². The smallest absolute Gasteiger partial charge is 1.00 e. The van der Waals surface area contributed by atoms with Crippen LogP contribution in [0.3, 0.4) is 0 Å². The number of halogens is 1. The first-order chi connectivity index (χ1) is 41.2. The number of alkyl carbamates (subject to hydrolysis) is 2. The summed E-state index contributed by atoms with van der Waals surface area (Å²) in [5, 5.41) is 46.2. The molecule has 0 aromatic heterocycles. The van der Waals surface area contributed by atoms with E-state index in [0.29, 0.717) is 45.8 Å². The molecule has 6 amide bonds. The SMILES string of the molecule is CC(C)(C)OC(=O)NCCBr.CC(C)[C@H](N)C(=O)OC(C)(C)C.CC(C)[C@H](NCCN)C(=O)O.CC(C)[C@H](NCCNC(=O)CCOCCNC(=O)CCN1C(=O)C=CC1=O)C(=O)O.CC(C)[C@H](NCCNC(=O)OC(C)(C)C)C(=O)OC(C)(C)C.O=CO[O-].[H-].[K+].[K+]. The Balaban J connectivity index is -0.000000168. The van der Waals surface area contributed by atoms with Crippen LogP contribution in [-0.2, 0) is 71.7 Å². The molecule has 0 bridgehead atoms. The van der Waals surface area contributed by atoms with Gasteiger partial charge in [0.25, 0.3) is 18.3 Å². The molecule has 1 aliphatic rings. The molecule has 92 heavy (non-hydrogen) atoms. The fourth-order valence-corrected chi connectivity index (χ4v) is 6.42. The quantitative estimate of drug-likeness (QED) is 0.00370. The minimum absolute atomic E-state index is 0. The van der Waals surface area contributed by atoms with Crippen LogP contribution in [0.2, 0.25) is 0 Å². The second-order valence-electron chi connectivity index (χ2n) is 25.0.